The van der Waals surface area contributed by atoms with Crippen LogP contribution in [0.5, 0.6) is 0 Å². The molecule has 0 unspecified atom stereocenters. The summed E-state index contributed by atoms with van der Waals surface area (Å²) in [7, 11) is 0. The standard InChI is InChI=1S/C37H46N2O3/c1-3-42-37(41)36-34(33(27(2)40)35(38-36)31-22-14-7-15-23-31)32(24-28-16-8-4-9-17-28)39(25-29-18-10-5-11-19-29)26-30-20-12-6-13-21-30/h4-6,8-13,16-21,31-36,38H,3,7,14-15,22-26H2,1-2H3/t32-,33+,34+,35+,36+/m0/s1. The monoisotopic (exact) mass is 566 g/mol. The molecule has 0 spiro atoms. The summed E-state index contributed by atoms with van der Waals surface area (Å²) in [6.45, 7) is 5.36. The molecule has 222 valence electrons. The molecule has 5 rings (SSSR count). The highest BCUT2D eigenvalue weighted by Gasteiger charge is 2.54. The van der Waals surface area contributed by atoms with Crippen molar-refractivity contribution in [1.29, 1.82) is 0 Å². The van der Waals surface area contributed by atoms with Gasteiger partial charge in [-0.15, -0.1) is 0 Å². The van der Waals surface area contributed by atoms with Gasteiger partial charge in [-0.3, -0.25) is 14.5 Å². The van der Waals surface area contributed by atoms with E-state index in [1.807, 2.05) is 25.1 Å². The van der Waals surface area contributed by atoms with Crippen molar-refractivity contribution in [2.45, 2.75) is 83.6 Å². The number of Topliss-reactive ketones (excluding diaryl/α,β-unsaturated/α-hetero) is 1. The molecule has 42 heavy (non-hydrogen) atoms. The summed E-state index contributed by atoms with van der Waals surface area (Å²) in [5.41, 5.74) is 3.64. The van der Waals surface area contributed by atoms with Gasteiger partial charge in [-0.1, -0.05) is 110 Å². The highest BCUT2D eigenvalue weighted by Crippen LogP contribution is 2.42. The second-order valence-electron chi connectivity index (χ2n) is 12.2. The van der Waals surface area contributed by atoms with Crippen LogP contribution in [0, 0.1) is 17.8 Å². The van der Waals surface area contributed by atoms with E-state index in [2.05, 4.69) is 83.0 Å². The van der Waals surface area contributed by atoms with E-state index in [1.165, 1.54) is 36.0 Å². The van der Waals surface area contributed by atoms with Crippen molar-refractivity contribution in [1.82, 2.24) is 10.2 Å². The van der Waals surface area contributed by atoms with E-state index in [9.17, 15) is 9.59 Å². The van der Waals surface area contributed by atoms with Gasteiger partial charge in [0.1, 0.15) is 11.8 Å². The van der Waals surface area contributed by atoms with E-state index in [0.717, 1.165) is 32.4 Å². The lowest BCUT2D eigenvalue weighted by Crippen LogP contribution is -2.51. The van der Waals surface area contributed by atoms with Gasteiger partial charge in [0.25, 0.3) is 0 Å². The molecule has 1 heterocycles. The first kappa shape index (κ1) is 30.2. The summed E-state index contributed by atoms with van der Waals surface area (Å²) in [4.78, 5) is 30.0. The number of carbonyl (C=O) groups excluding carboxylic acids is 2. The molecular formula is C37H46N2O3. The lowest BCUT2D eigenvalue weighted by atomic mass is 9.71. The minimum Gasteiger partial charge on any atom is -0.465 e. The zero-order valence-electron chi connectivity index (χ0n) is 25.2. The molecule has 1 aliphatic carbocycles. The minimum atomic E-state index is -0.534. The van der Waals surface area contributed by atoms with Gasteiger partial charge < -0.3 is 10.1 Å². The second-order valence-corrected chi connectivity index (χ2v) is 12.2. The Morgan fingerprint density at radius 2 is 1.33 bits per heavy atom. The number of carbonyl (C=O) groups is 2. The number of ether oxygens (including phenoxy) is 1. The first-order valence-electron chi connectivity index (χ1n) is 15.8. The van der Waals surface area contributed by atoms with E-state index >= 15 is 0 Å². The van der Waals surface area contributed by atoms with Crippen LogP contribution in [-0.4, -0.2) is 41.4 Å². The molecule has 5 heteroatoms. The summed E-state index contributed by atoms with van der Waals surface area (Å²) >= 11 is 0. The molecule has 2 fully saturated rings. The third-order valence-electron chi connectivity index (χ3n) is 9.38. The molecule has 1 aliphatic heterocycles. The summed E-state index contributed by atoms with van der Waals surface area (Å²) in [5, 5.41) is 3.75. The largest absolute Gasteiger partial charge is 0.465 e. The van der Waals surface area contributed by atoms with Crippen molar-refractivity contribution in [3.05, 3.63) is 108 Å². The first-order chi connectivity index (χ1) is 20.5. The fourth-order valence-corrected chi connectivity index (χ4v) is 7.52. The molecule has 0 radical (unpaired) electrons. The van der Waals surface area contributed by atoms with Crippen LogP contribution in [-0.2, 0) is 33.8 Å². The Bertz CT molecular complexity index is 1220. The van der Waals surface area contributed by atoms with Crippen LogP contribution in [0.1, 0.15) is 62.6 Å². The Hall–Kier alpha value is -3.28. The van der Waals surface area contributed by atoms with E-state index in [0.29, 0.717) is 12.5 Å². The molecular weight excluding hydrogens is 520 g/mol. The number of ketones is 1. The first-order valence-corrected chi connectivity index (χ1v) is 15.8. The van der Waals surface area contributed by atoms with Crippen molar-refractivity contribution >= 4 is 11.8 Å². The number of nitrogens with one attached hydrogen (secondary N) is 1. The van der Waals surface area contributed by atoms with Gasteiger partial charge in [0, 0.05) is 37.0 Å². The van der Waals surface area contributed by atoms with Crippen LogP contribution in [0.3, 0.4) is 0 Å². The predicted octanol–water partition coefficient (Wildman–Crippen LogP) is 6.61. The smallest absolute Gasteiger partial charge is 0.323 e. The fraction of sp³-hybridized carbons (Fsp3) is 0.459. The third-order valence-corrected chi connectivity index (χ3v) is 9.38. The van der Waals surface area contributed by atoms with Crippen LogP contribution in [0.15, 0.2) is 91.0 Å². The molecule has 1 saturated carbocycles. The van der Waals surface area contributed by atoms with Gasteiger partial charge >= 0.3 is 5.97 Å². The third kappa shape index (κ3) is 7.37. The van der Waals surface area contributed by atoms with Gasteiger partial charge in [-0.25, -0.2) is 0 Å². The number of hydrogen-bond acceptors (Lipinski definition) is 5. The van der Waals surface area contributed by atoms with Gasteiger partial charge in [0.15, 0.2) is 0 Å². The zero-order chi connectivity index (χ0) is 29.3. The maximum Gasteiger partial charge on any atom is 0.323 e. The Morgan fingerprint density at radius 1 is 0.810 bits per heavy atom. The molecule has 0 amide bonds. The average Bonchev–Trinajstić information content (AvgIpc) is 3.43. The Kier molecular flexibility index (Phi) is 10.6. The molecule has 5 nitrogen and oxygen atoms in total. The summed E-state index contributed by atoms with van der Waals surface area (Å²) in [5.74, 6) is -0.146. The van der Waals surface area contributed by atoms with E-state index < -0.39 is 6.04 Å². The van der Waals surface area contributed by atoms with Crippen molar-refractivity contribution in [3.63, 3.8) is 0 Å². The summed E-state index contributed by atoms with van der Waals surface area (Å²) in [6, 6.07) is 31.0. The molecule has 3 aromatic rings. The van der Waals surface area contributed by atoms with E-state index in [4.69, 9.17) is 4.74 Å². The zero-order valence-corrected chi connectivity index (χ0v) is 25.2. The number of nitrogens with zero attached hydrogens (tertiary/aromatic N) is 1. The van der Waals surface area contributed by atoms with E-state index in [-0.39, 0.29) is 35.7 Å². The van der Waals surface area contributed by atoms with Crippen LogP contribution in [0.2, 0.25) is 0 Å². The molecule has 1 saturated heterocycles. The second kappa shape index (κ2) is 14.8. The SMILES string of the molecule is CCOC(=O)[C@@H]1N[C@H](C2CCCCC2)[C@H](C(C)=O)[C@H]1[C@H](Cc1ccccc1)N(Cc1ccccc1)Cc1ccccc1. The Balaban J connectivity index is 1.61. The van der Waals surface area contributed by atoms with Gasteiger partial charge in [0.05, 0.1) is 6.61 Å². The van der Waals surface area contributed by atoms with Crippen molar-refractivity contribution in [2.24, 2.45) is 17.8 Å². The molecule has 1 N–H and O–H groups in total. The highest BCUT2D eigenvalue weighted by atomic mass is 16.5. The number of benzene rings is 3. The Morgan fingerprint density at radius 3 is 1.83 bits per heavy atom. The maximum atomic E-state index is 13.7. The predicted molar refractivity (Wildman–Crippen MR) is 168 cm³/mol. The molecule has 0 aromatic heterocycles. The van der Waals surface area contributed by atoms with Gasteiger partial charge in [-0.05, 0) is 55.7 Å². The quantitative estimate of drug-likeness (QED) is 0.250. The van der Waals surface area contributed by atoms with Crippen LogP contribution >= 0.6 is 0 Å². The Labute approximate surface area is 251 Å². The lowest BCUT2D eigenvalue weighted by molar-refractivity contribution is -0.147. The van der Waals surface area contributed by atoms with Gasteiger partial charge in [-0.2, -0.15) is 0 Å². The van der Waals surface area contributed by atoms with Crippen molar-refractivity contribution in [3.8, 4) is 0 Å². The maximum absolute atomic E-state index is 13.7. The number of hydrogen-bond donors (Lipinski definition) is 1. The summed E-state index contributed by atoms with van der Waals surface area (Å²) in [6.07, 6.45) is 6.56. The fourth-order valence-electron chi connectivity index (χ4n) is 7.52. The number of rotatable bonds is 12. The molecule has 3 aromatic carbocycles. The van der Waals surface area contributed by atoms with Crippen LogP contribution in [0.25, 0.3) is 0 Å². The van der Waals surface area contributed by atoms with Gasteiger partial charge in [0.2, 0.25) is 0 Å². The van der Waals surface area contributed by atoms with E-state index in [1.54, 1.807) is 6.92 Å². The minimum absolute atomic E-state index is 0.0178. The average molecular weight is 567 g/mol. The molecule has 0 bridgehead atoms. The van der Waals surface area contributed by atoms with Crippen molar-refractivity contribution < 1.29 is 14.3 Å². The number of esters is 1. The topological polar surface area (TPSA) is 58.6 Å². The molecule has 2 aliphatic rings. The summed E-state index contributed by atoms with van der Waals surface area (Å²) < 4.78 is 5.71. The highest BCUT2D eigenvalue weighted by molar-refractivity contribution is 5.84. The molecule has 5 atom stereocenters. The van der Waals surface area contributed by atoms with Crippen LogP contribution in [0.4, 0.5) is 0 Å². The van der Waals surface area contributed by atoms with Crippen molar-refractivity contribution in [2.75, 3.05) is 6.61 Å². The lowest BCUT2D eigenvalue weighted by Gasteiger charge is -2.40. The normalized spacial score (nSPS) is 23.5. The van der Waals surface area contributed by atoms with Crippen LogP contribution < -0.4 is 5.32 Å².